The van der Waals surface area contributed by atoms with Gasteiger partial charge in [0.05, 0.1) is 18.4 Å². The van der Waals surface area contributed by atoms with E-state index in [-0.39, 0.29) is 12.4 Å². The van der Waals surface area contributed by atoms with E-state index in [1.54, 1.807) is 12.5 Å². The topological polar surface area (TPSA) is 50.1 Å². The quantitative estimate of drug-likeness (QED) is 0.233. The maximum Gasteiger partial charge on any atom is 0.191 e. The van der Waals surface area contributed by atoms with Gasteiger partial charge in [0, 0.05) is 32.0 Å². The fourth-order valence-corrected chi connectivity index (χ4v) is 4.65. The lowest BCUT2D eigenvalue weighted by atomic mass is 9.99. The lowest BCUT2D eigenvalue weighted by molar-refractivity contribution is -0.152. The predicted molar refractivity (Wildman–Crippen MR) is 154 cm³/mol. The molecule has 5 rings (SSSR count). The van der Waals surface area contributed by atoms with Gasteiger partial charge in [-0.2, -0.15) is 0 Å². The molecule has 8 heteroatoms. The number of hydrogen-bond acceptors (Lipinski definition) is 5. The average molecular weight is 685 g/mol. The van der Waals surface area contributed by atoms with E-state index in [9.17, 15) is 0 Å². The smallest absolute Gasteiger partial charge is 0.191 e. The van der Waals surface area contributed by atoms with Crippen LogP contribution in [0.15, 0.2) is 103 Å². The molecule has 3 aromatic rings. The summed E-state index contributed by atoms with van der Waals surface area (Å²) < 4.78 is 30.0. The zero-order valence-electron chi connectivity index (χ0n) is 20.1. The van der Waals surface area contributed by atoms with Gasteiger partial charge in [0.1, 0.15) is 24.0 Å². The molecule has 1 aliphatic carbocycles. The Hall–Kier alpha value is -1.84. The van der Waals surface area contributed by atoms with Crippen LogP contribution in [0.2, 0.25) is 0 Å². The van der Waals surface area contributed by atoms with Crippen LogP contribution in [0.25, 0.3) is 11.0 Å². The fourth-order valence-electron chi connectivity index (χ4n) is 3.36. The van der Waals surface area contributed by atoms with Crippen LogP contribution in [0.4, 0.5) is 0 Å². The molecule has 0 saturated carbocycles. The molecule has 0 bridgehead atoms. The summed E-state index contributed by atoms with van der Waals surface area (Å²) in [4.78, 5) is 0. The van der Waals surface area contributed by atoms with E-state index in [1.807, 2.05) is 68.5 Å². The molecule has 0 fully saturated rings. The summed E-state index contributed by atoms with van der Waals surface area (Å²) in [5.74, 6) is 1.23. The van der Waals surface area contributed by atoms with Gasteiger partial charge in [0.15, 0.2) is 6.29 Å². The van der Waals surface area contributed by atoms with E-state index in [2.05, 4.69) is 66.0 Å². The molecule has 5 nitrogen and oxygen atoms in total. The Morgan fingerprint density at radius 2 is 1.69 bits per heavy atom. The minimum Gasteiger partial charge on any atom is -0.493 e. The van der Waals surface area contributed by atoms with Crippen molar-refractivity contribution in [1.29, 1.82) is 0 Å². The summed E-state index contributed by atoms with van der Waals surface area (Å²) in [6, 6.07) is 15.6. The van der Waals surface area contributed by atoms with E-state index < -0.39 is 0 Å². The first kappa shape index (κ1) is 28.7. The summed E-state index contributed by atoms with van der Waals surface area (Å²) in [5, 5.41) is 1.14. The Morgan fingerprint density at radius 1 is 0.917 bits per heavy atom. The number of fused-ring (bicyclic) bond motifs is 2. The van der Waals surface area contributed by atoms with Crippen LogP contribution in [0, 0.1) is 5.92 Å². The van der Waals surface area contributed by atoms with Crippen molar-refractivity contribution < 1.29 is 23.4 Å². The number of furan rings is 1. The first-order chi connectivity index (χ1) is 17.5. The third-order valence-electron chi connectivity index (χ3n) is 5.06. The maximum absolute atomic E-state index is 5.57. The van der Waals surface area contributed by atoms with E-state index >= 15 is 0 Å². The van der Waals surface area contributed by atoms with Gasteiger partial charge < -0.3 is 23.4 Å². The predicted octanol–water partition coefficient (Wildman–Crippen LogP) is 8.79. The number of rotatable bonds is 7. The largest absolute Gasteiger partial charge is 0.493 e. The number of hydrogen-bond donors (Lipinski definition) is 0. The average Bonchev–Trinajstić information content (AvgIpc) is 3.54. The highest BCUT2D eigenvalue weighted by atomic mass is 79.9. The molecule has 2 aliphatic rings. The van der Waals surface area contributed by atoms with Gasteiger partial charge in [-0.15, -0.1) is 0 Å². The van der Waals surface area contributed by atoms with Crippen molar-refractivity contribution in [2.45, 2.75) is 26.2 Å². The Balaban J connectivity index is 0.000000156. The van der Waals surface area contributed by atoms with Crippen LogP contribution in [0.1, 0.15) is 13.8 Å². The van der Waals surface area contributed by atoms with Crippen molar-refractivity contribution in [2.75, 3.05) is 19.8 Å². The van der Waals surface area contributed by atoms with Gasteiger partial charge in [0.2, 0.25) is 0 Å². The van der Waals surface area contributed by atoms with Crippen molar-refractivity contribution in [3.8, 4) is 5.75 Å². The van der Waals surface area contributed by atoms with Crippen LogP contribution in [0.3, 0.4) is 0 Å². The summed E-state index contributed by atoms with van der Waals surface area (Å²) in [6.45, 7) is 5.51. The molecule has 192 valence electrons. The number of allylic oxidation sites excluding steroid dienone is 2. The Bertz CT molecular complexity index is 1160. The molecule has 2 aromatic carbocycles. The van der Waals surface area contributed by atoms with Crippen LogP contribution < -0.4 is 4.74 Å². The maximum atomic E-state index is 5.57. The zero-order chi connectivity index (χ0) is 25.8. The summed E-state index contributed by atoms with van der Waals surface area (Å²) >= 11 is 10.2. The van der Waals surface area contributed by atoms with Crippen LogP contribution in [-0.4, -0.2) is 32.2 Å². The lowest BCUT2D eigenvalue weighted by Gasteiger charge is -2.17. The van der Waals surface area contributed by atoms with Gasteiger partial charge in [-0.25, -0.2) is 0 Å². The SMILES string of the molecule is BrC1=CC=CC2OC=CC12.Brc1ccc2ccoc2c1.CCOC(COc1cccc(Br)c1)OCC. The molecule has 0 amide bonds. The highest BCUT2D eigenvalue weighted by molar-refractivity contribution is 9.11. The summed E-state index contributed by atoms with van der Waals surface area (Å²) in [6.07, 6.45) is 11.6. The van der Waals surface area contributed by atoms with Gasteiger partial charge in [-0.1, -0.05) is 72.1 Å². The van der Waals surface area contributed by atoms with Crippen molar-refractivity contribution in [3.05, 3.63) is 98.8 Å². The number of benzene rings is 2. The fraction of sp³-hybridized carbons (Fsp3) is 0.286. The first-order valence-electron chi connectivity index (χ1n) is 11.6. The normalized spacial score (nSPS) is 17.4. The van der Waals surface area contributed by atoms with Crippen molar-refractivity contribution >= 4 is 58.8 Å². The van der Waals surface area contributed by atoms with Gasteiger partial charge in [-0.05, 0) is 62.4 Å². The van der Waals surface area contributed by atoms with Crippen molar-refractivity contribution in [3.63, 3.8) is 0 Å². The second kappa shape index (κ2) is 15.4. The first-order valence-corrected chi connectivity index (χ1v) is 14.0. The molecule has 2 unspecified atom stereocenters. The molecule has 1 aromatic heterocycles. The minimum atomic E-state index is -0.297. The Morgan fingerprint density at radius 3 is 2.42 bits per heavy atom. The summed E-state index contributed by atoms with van der Waals surface area (Å²) in [7, 11) is 0. The second-order valence-corrected chi connectivity index (χ2v) is 10.3. The highest BCUT2D eigenvalue weighted by Crippen LogP contribution is 2.32. The molecule has 0 radical (unpaired) electrons. The van der Waals surface area contributed by atoms with Gasteiger partial charge >= 0.3 is 0 Å². The van der Waals surface area contributed by atoms with E-state index in [4.69, 9.17) is 23.4 Å². The van der Waals surface area contributed by atoms with Crippen LogP contribution in [0.5, 0.6) is 5.75 Å². The molecule has 0 saturated heterocycles. The van der Waals surface area contributed by atoms with Gasteiger partial charge in [-0.3, -0.25) is 0 Å². The van der Waals surface area contributed by atoms with Gasteiger partial charge in [0.25, 0.3) is 0 Å². The van der Waals surface area contributed by atoms with E-state index in [0.29, 0.717) is 25.7 Å². The highest BCUT2D eigenvalue weighted by Gasteiger charge is 2.25. The van der Waals surface area contributed by atoms with E-state index in [0.717, 1.165) is 25.7 Å². The van der Waals surface area contributed by atoms with Crippen LogP contribution >= 0.6 is 47.8 Å². The molecule has 0 N–H and O–H groups in total. The molecule has 1 aliphatic heterocycles. The molecule has 36 heavy (non-hydrogen) atoms. The standard InChI is InChI=1S/C12H17BrO3.C8H5BrO.C8H7BrO/c1-3-14-12(15-4-2)9-16-11-7-5-6-10(13)8-11;9-7-2-1-6-3-4-10-8(6)5-7;9-7-2-1-3-8-6(7)4-5-10-8/h5-8,12H,3-4,9H2,1-2H3;1-5H;1-6,8H. The summed E-state index contributed by atoms with van der Waals surface area (Å²) in [5.41, 5.74) is 0.925. The second-order valence-electron chi connectivity index (χ2n) is 7.60. The zero-order valence-corrected chi connectivity index (χ0v) is 24.9. The lowest BCUT2D eigenvalue weighted by Crippen LogP contribution is -2.25. The Kier molecular flexibility index (Phi) is 12.3. The Labute approximate surface area is 237 Å². The monoisotopic (exact) mass is 682 g/mol. The third kappa shape index (κ3) is 9.23. The number of ether oxygens (including phenoxy) is 4. The minimum absolute atomic E-state index is 0.236. The molecular weight excluding hydrogens is 656 g/mol. The van der Waals surface area contributed by atoms with Crippen molar-refractivity contribution in [2.24, 2.45) is 5.92 Å². The van der Waals surface area contributed by atoms with Crippen molar-refractivity contribution in [1.82, 2.24) is 0 Å². The number of halogens is 3. The molecule has 0 spiro atoms. The molecular formula is C28H29Br3O5. The molecule has 2 heterocycles. The van der Waals surface area contributed by atoms with E-state index in [1.165, 1.54) is 4.48 Å². The van der Waals surface area contributed by atoms with Crippen LogP contribution in [-0.2, 0) is 14.2 Å². The third-order valence-corrected chi connectivity index (χ3v) is 6.84. The molecule has 2 atom stereocenters.